The first-order valence-electron chi connectivity index (χ1n) is 13.5. The third-order valence-corrected chi connectivity index (χ3v) is 11.3. The van der Waals surface area contributed by atoms with Crippen LogP contribution in [0, 0.1) is 5.82 Å². The van der Waals surface area contributed by atoms with Crippen molar-refractivity contribution in [2.75, 3.05) is 19.7 Å². The van der Waals surface area contributed by atoms with E-state index in [0.717, 1.165) is 34.1 Å². The molecule has 0 radical (unpaired) electrons. The number of aryl methyl sites for hydroxylation is 1. The van der Waals surface area contributed by atoms with Gasteiger partial charge in [-0.05, 0) is 55.2 Å². The van der Waals surface area contributed by atoms with Gasteiger partial charge < -0.3 is 14.9 Å². The molecule has 1 N–H and O–H groups in total. The van der Waals surface area contributed by atoms with Crippen molar-refractivity contribution in [2.45, 2.75) is 71.6 Å². The van der Waals surface area contributed by atoms with Crippen molar-refractivity contribution in [2.24, 2.45) is 0 Å². The number of carbonyl (C=O) groups is 2. The molecule has 5 rings (SSSR count). The molecule has 2 aliphatic heterocycles. The summed E-state index contributed by atoms with van der Waals surface area (Å²) < 4.78 is 150. The summed E-state index contributed by atoms with van der Waals surface area (Å²) in [5, 5.41) is 9.34. The largest absolute Gasteiger partial charge is 0.436 e. The van der Waals surface area contributed by atoms with Crippen molar-refractivity contribution >= 4 is 21.7 Å². The summed E-state index contributed by atoms with van der Waals surface area (Å²) in [5.41, 5.74) is -8.72. The van der Waals surface area contributed by atoms with Crippen molar-refractivity contribution < 1.29 is 62.6 Å². The number of fused-ring (bicyclic) bond motifs is 3. The summed E-state index contributed by atoms with van der Waals surface area (Å²) >= 11 is 0. The van der Waals surface area contributed by atoms with E-state index in [2.05, 4.69) is 4.98 Å². The molecule has 0 spiro atoms. The SMILES string of the molecule is O=C1[C@H](F)C[C@@H](C(=O)N2CCC3(S(=O)(=O)c4ccc(F)cc4)c4ncc(C(F)(C(F)(F)F)C(F)(F)F)cc4CC[C@@H]23)N1CCO. The van der Waals surface area contributed by atoms with Crippen LogP contribution >= 0.6 is 0 Å². The highest BCUT2D eigenvalue weighted by Crippen LogP contribution is 2.56. The summed E-state index contributed by atoms with van der Waals surface area (Å²) in [5.74, 6) is -2.79. The van der Waals surface area contributed by atoms with E-state index in [1.54, 1.807) is 0 Å². The van der Waals surface area contributed by atoms with Crippen LogP contribution in [0.3, 0.4) is 0 Å². The Morgan fingerprint density at radius 2 is 1.69 bits per heavy atom. The number of aliphatic hydroxyl groups is 1. The predicted octanol–water partition coefficient (Wildman–Crippen LogP) is 3.66. The number of aromatic nitrogens is 1. The summed E-state index contributed by atoms with van der Waals surface area (Å²) in [7, 11) is -4.79. The maximum absolute atomic E-state index is 14.9. The number of sulfone groups is 1. The van der Waals surface area contributed by atoms with Gasteiger partial charge in [-0.15, -0.1) is 0 Å². The number of carbonyl (C=O) groups excluding carboxylic acids is 2. The lowest BCUT2D eigenvalue weighted by Gasteiger charge is -2.42. The standard InChI is InChI=1S/C27H24F9N3O5S/c28-16-2-4-17(5-3-16)45(43,44)24-7-8-39(23(42)19-12-18(29)22(41)38(19)9-10-40)20(24)6-1-14-11-15(13-37-21(14)24)25(30,26(31,32)33)27(34,35)36/h2-5,11,13,18-20,40H,1,6-10,12H2/t18-,19+,20-,24?/m1/s1. The number of halogens is 9. The topological polar surface area (TPSA) is 108 Å². The molecular formula is C27H24F9N3O5S. The normalized spacial score (nSPS) is 25.8. The van der Waals surface area contributed by atoms with Gasteiger partial charge in [0.25, 0.3) is 5.91 Å². The van der Waals surface area contributed by atoms with Crippen molar-refractivity contribution in [1.82, 2.24) is 14.8 Å². The van der Waals surface area contributed by atoms with E-state index in [9.17, 15) is 62.6 Å². The Morgan fingerprint density at radius 1 is 1.07 bits per heavy atom. The molecule has 2 saturated heterocycles. The molecule has 1 aliphatic carbocycles. The van der Waals surface area contributed by atoms with Crippen LogP contribution in [0.4, 0.5) is 39.5 Å². The lowest BCUT2D eigenvalue weighted by molar-refractivity contribution is -0.348. The molecule has 0 saturated carbocycles. The number of hydrogen-bond acceptors (Lipinski definition) is 6. The molecule has 2 amide bonds. The van der Waals surface area contributed by atoms with Crippen LogP contribution in [0.25, 0.3) is 0 Å². The van der Waals surface area contributed by atoms with E-state index in [0.29, 0.717) is 0 Å². The number of alkyl halides is 8. The Kier molecular flexibility index (Phi) is 7.95. The Bertz CT molecular complexity index is 1600. The predicted molar refractivity (Wildman–Crippen MR) is 135 cm³/mol. The second kappa shape index (κ2) is 10.8. The van der Waals surface area contributed by atoms with Crippen LogP contribution in [-0.4, -0.2) is 90.4 Å². The average molecular weight is 674 g/mol. The molecule has 0 bridgehead atoms. The zero-order chi connectivity index (χ0) is 33.3. The fourth-order valence-electron chi connectivity index (χ4n) is 6.66. The minimum Gasteiger partial charge on any atom is -0.395 e. The van der Waals surface area contributed by atoms with Crippen LogP contribution < -0.4 is 0 Å². The minimum absolute atomic E-state index is 0.0408. The van der Waals surface area contributed by atoms with E-state index in [4.69, 9.17) is 0 Å². The van der Waals surface area contributed by atoms with Crippen LogP contribution in [0.15, 0.2) is 41.4 Å². The second-order valence-electron chi connectivity index (χ2n) is 11.0. The lowest BCUT2D eigenvalue weighted by Crippen LogP contribution is -2.56. The van der Waals surface area contributed by atoms with Crippen molar-refractivity contribution in [3.05, 3.63) is 59.2 Å². The van der Waals surface area contributed by atoms with E-state index in [1.807, 2.05) is 0 Å². The van der Waals surface area contributed by atoms with Gasteiger partial charge in [0.1, 0.15) is 16.6 Å². The fraction of sp³-hybridized carbons (Fsp3) is 0.519. The van der Waals surface area contributed by atoms with E-state index >= 15 is 0 Å². The first kappa shape index (κ1) is 33.0. The first-order chi connectivity index (χ1) is 20.8. The Balaban J connectivity index is 1.67. The van der Waals surface area contributed by atoms with Crippen LogP contribution in [-0.2, 0) is 36.3 Å². The van der Waals surface area contributed by atoms with Crippen LogP contribution in [0.2, 0.25) is 0 Å². The molecule has 4 atom stereocenters. The summed E-state index contributed by atoms with van der Waals surface area (Å²) in [4.78, 5) is 31.1. The number of benzene rings is 1. The molecule has 18 heteroatoms. The number of pyridine rings is 1. The zero-order valence-corrected chi connectivity index (χ0v) is 23.7. The van der Waals surface area contributed by atoms with Crippen molar-refractivity contribution in [1.29, 1.82) is 0 Å². The fourth-order valence-corrected chi connectivity index (χ4v) is 8.98. The quantitative estimate of drug-likeness (QED) is 0.371. The van der Waals surface area contributed by atoms with Gasteiger partial charge in [0.05, 0.1) is 23.2 Å². The molecule has 1 aromatic heterocycles. The van der Waals surface area contributed by atoms with Gasteiger partial charge in [0.2, 0.25) is 5.91 Å². The Morgan fingerprint density at radius 3 is 2.27 bits per heavy atom. The van der Waals surface area contributed by atoms with Gasteiger partial charge in [0, 0.05) is 31.3 Å². The van der Waals surface area contributed by atoms with Gasteiger partial charge >= 0.3 is 18.0 Å². The maximum atomic E-state index is 14.9. The Labute approximate surface area is 249 Å². The van der Waals surface area contributed by atoms with E-state index < -0.39 is 123 Å². The molecule has 1 aromatic carbocycles. The molecular weight excluding hydrogens is 649 g/mol. The van der Waals surface area contributed by atoms with Crippen LogP contribution in [0.1, 0.15) is 36.1 Å². The number of aliphatic hydroxyl groups excluding tert-OH is 1. The molecule has 8 nitrogen and oxygen atoms in total. The molecule has 2 fully saturated rings. The Hall–Kier alpha value is -3.41. The summed E-state index contributed by atoms with van der Waals surface area (Å²) in [6.45, 7) is -1.41. The average Bonchev–Trinajstić information content (AvgIpc) is 3.50. The third-order valence-electron chi connectivity index (χ3n) is 8.74. The molecule has 45 heavy (non-hydrogen) atoms. The van der Waals surface area contributed by atoms with Gasteiger partial charge in [-0.2, -0.15) is 26.3 Å². The smallest absolute Gasteiger partial charge is 0.395 e. The monoisotopic (exact) mass is 673 g/mol. The first-order valence-corrected chi connectivity index (χ1v) is 15.0. The van der Waals surface area contributed by atoms with Gasteiger partial charge in [-0.25, -0.2) is 21.6 Å². The molecule has 3 heterocycles. The summed E-state index contributed by atoms with van der Waals surface area (Å²) in [6.07, 6.45) is -17.0. The van der Waals surface area contributed by atoms with Crippen molar-refractivity contribution in [3.8, 4) is 0 Å². The van der Waals surface area contributed by atoms with Crippen molar-refractivity contribution in [3.63, 3.8) is 0 Å². The number of likely N-dealkylation sites (tertiary alicyclic amines) is 2. The lowest BCUT2D eigenvalue weighted by atomic mass is 9.80. The summed E-state index contributed by atoms with van der Waals surface area (Å²) in [6, 6.07) is 0.824. The molecule has 246 valence electrons. The van der Waals surface area contributed by atoms with Gasteiger partial charge in [0.15, 0.2) is 16.0 Å². The molecule has 1 unspecified atom stereocenters. The second-order valence-corrected chi connectivity index (χ2v) is 13.2. The van der Waals surface area contributed by atoms with Crippen LogP contribution in [0.5, 0.6) is 0 Å². The van der Waals surface area contributed by atoms with Gasteiger partial charge in [-0.1, -0.05) is 0 Å². The number of β-amino-alcohol motifs (C(OH)–C–C–N with tert-alkyl or cyclic N) is 1. The van der Waals surface area contributed by atoms with E-state index in [-0.39, 0.29) is 25.2 Å². The highest BCUT2D eigenvalue weighted by atomic mass is 32.2. The highest BCUT2D eigenvalue weighted by Gasteiger charge is 2.74. The number of hydrogen-bond donors (Lipinski definition) is 1. The van der Waals surface area contributed by atoms with E-state index in [1.165, 1.54) is 0 Å². The minimum atomic E-state index is -6.46. The molecule has 3 aliphatic rings. The van der Waals surface area contributed by atoms with Gasteiger partial charge in [-0.3, -0.25) is 14.6 Å². The zero-order valence-electron chi connectivity index (χ0n) is 22.9. The number of nitrogens with zero attached hydrogens (tertiary/aromatic N) is 3. The number of rotatable bonds is 6. The maximum Gasteiger partial charge on any atom is 0.436 e. The highest BCUT2D eigenvalue weighted by molar-refractivity contribution is 7.92. The molecule has 2 aromatic rings. The number of amides is 2. The third kappa shape index (κ3) is 4.77.